The van der Waals surface area contributed by atoms with Crippen molar-refractivity contribution in [1.82, 2.24) is 4.90 Å². The van der Waals surface area contributed by atoms with Gasteiger partial charge in [-0.15, -0.1) is 0 Å². The number of rotatable bonds is 6. The topological polar surface area (TPSA) is 77.3 Å². The zero-order chi connectivity index (χ0) is 19.2. The summed E-state index contributed by atoms with van der Waals surface area (Å²) in [4.78, 5) is 15.9. The van der Waals surface area contributed by atoms with Gasteiger partial charge < -0.3 is 29.6 Å². The summed E-state index contributed by atoms with van der Waals surface area (Å²) in [5.41, 5.74) is 6.87. The molecule has 0 aliphatic carbocycles. The number of piperazine rings is 1. The maximum atomic E-state index is 11.3. The highest BCUT2D eigenvalue weighted by atomic mass is 16.6. The molecular weight excluding hydrogens is 345 g/mol. The summed E-state index contributed by atoms with van der Waals surface area (Å²) in [6, 6.07) is 14.8. The standard InChI is InChI=1S/C19H24BN3O4/c1-22-10-12-23(13-11-22)17-14-16(8-9-18(17)25-2)26-20(27-19(21)24)15-6-4-3-5-7-15/h3-9,14H,10-13H2,1-2H3,(H2,21,24). The highest BCUT2D eigenvalue weighted by molar-refractivity contribution is 6.63. The second-order valence-electron chi connectivity index (χ2n) is 6.42. The smallest absolute Gasteiger partial charge is 0.522 e. The summed E-state index contributed by atoms with van der Waals surface area (Å²) in [5, 5.41) is 0. The van der Waals surface area contributed by atoms with E-state index in [0.29, 0.717) is 11.2 Å². The molecule has 7 nitrogen and oxygen atoms in total. The number of primary amides is 1. The molecule has 1 amide bonds. The van der Waals surface area contributed by atoms with Crippen LogP contribution in [0.2, 0.25) is 0 Å². The molecule has 2 aromatic carbocycles. The van der Waals surface area contributed by atoms with Gasteiger partial charge in [0.15, 0.2) is 0 Å². The van der Waals surface area contributed by atoms with Crippen molar-refractivity contribution in [2.75, 3.05) is 45.2 Å². The highest BCUT2D eigenvalue weighted by Gasteiger charge is 2.28. The number of methoxy groups -OCH3 is 1. The van der Waals surface area contributed by atoms with Crippen LogP contribution in [0.4, 0.5) is 10.5 Å². The van der Waals surface area contributed by atoms with Gasteiger partial charge in [-0.3, -0.25) is 0 Å². The van der Waals surface area contributed by atoms with Gasteiger partial charge in [0.05, 0.1) is 12.8 Å². The fourth-order valence-electron chi connectivity index (χ4n) is 3.04. The van der Waals surface area contributed by atoms with Gasteiger partial charge >= 0.3 is 13.2 Å². The van der Waals surface area contributed by atoms with E-state index in [1.54, 1.807) is 13.2 Å². The first kappa shape index (κ1) is 18.9. The first-order chi connectivity index (χ1) is 13.1. The van der Waals surface area contributed by atoms with Gasteiger partial charge in [0.25, 0.3) is 0 Å². The van der Waals surface area contributed by atoms with Gasteiger partial charge in [-0.2, -0.15) is 0 Å². The molecule has 0 aromatic heterocycles. The number of carbonyl (C=O) groups excluding carboxylic acids is 1. The number of likely N-dealkylation sites (N-methyl/N-ethyl adjacent to an activating group) is 1. The number of anilines is 1. The first-order valence-electron chi connectivity index (χ1n) is 8.86. The summed E-state index contributed by atoms with van der Waals surface area (Å²) in [6.07, 6.45) is -0.892. The number of carbonyl (C=O) groups is 1. The summed E-state index contributed by atoms with van der Waals surface area (Å²) in [6.45, 7) is 3.75. The molecule has 1 fully saturated rings. The molecule has 0 unspecified atom stereocenters. The summed E-state index contributed by atoms with van der Waals surface area (Å²) >= 11 is 0. The monoisotopic (exact) mass is 369 g/mol. The van der Waals surface area contributed by atoms with Gasteiger partial charge in [-0.25, -0.2) is 4.79 Å². The van der Waals surface area contributed by atoms with E-state index >= 15 is 0 Å². The Morgan fingerprint density at radius 1 is 1.07 bits per heavy atom. The van der Waals surface area contributed by atoms with Crippen molar-refractivity contribution in [3.8, 4) is 11.5 Å². The lowest BCUT2D eigenvalue weighted by molar-refractivity contribution is 0.204. The third kappa shape index (κ3) is 4.86. The Morgan fingerprint density at radius 2 is 1.78 bits per heavy atom. The van der Waals surface area contributed by atoms with Crippen molar-refractivity contribution >= 4 is 24.4 Å². The maximum Gasteiger partial charge on any atom is 0.635 e. The molecule has 0 radical (unpaired) electrons. The molecule has 0 saturated carbocycles. The van der Waals surface area contributed by atoms with Crippen molar-refractivity contribution in [3.05, 3.63) is 48.5 Å². The van der Waals surface area contributed by atoms with Gasteiger partial charge in [-0.05, 0) is 19.2 Å². The Hall–Kier alpha value is -2.87. The summed E-state index contributed by atoms with van der Waals surface area (Å²) in [7, 11) is 2.84. The van der Waals surface area contributed by atoms with Gasteiger partial charge in [0, 0.05) is 37.7 Å². The minimum atomic E-state index is -0.919. The zero-order valence-corrected chi connectivity index (χ0v) is 15.6. The van der Waals surface area contributed by atoms with Gasteiger partial charge in [0.2, 0.25) is 0 Å². The van der Waals surface area contributed by atoms with Gasteiger partial charge in [-0.1, -0.05) is 30.3 Å². The minimum Gasteiger partial charge on any atom is -0.522 e. The van der Waals surface area contributed by atoms with E-state index in [1.807, 2.05) is 42.5 Å². The second-order valence-corrected chi connectivity index (χ2v) is 6.42. The molecular formula is C19H24BN3O4. The van der Waals surface area contributed by atoms with Crippen LogP contribution in [0.5, 0.6) is 11.5 Å². The summed E-state index contributed by atoms with van der Waals surface area (Å²) < 4.78 is 16.6. The van der Waals surface area contributed by atoms with E-state index in [0.717, 1.165) is 37.6 Å². The Bertz CT molecular complexity index is 767. The second kappa shape index (κ2) is 8.68. The minimum absolute atomic E-state index is 0.569. The van der Waals surface area contributed by atoms with Crippen LogP contribution >= 0.6 is 0 Å². The van der Waals surface area contributed by atoms with E-state index in [4.69, 9.17) is 19.8 Å². The van der Waals surface area contributed by atoms with E-state index in [-0.39, 0.29) is 0 Å². The third-order valence-electron chi connectivity index (χ3n) is 4.53. The van der Waals surface area contributed by atoms with E-state index in [1.165, 1.54) is 0 Å². The van der Waals surface area contributed by atoms with E-state index in [2.05, 4.69) is 16.8 Å². The van der Waals surface area contributed by atoms with Crippen LogP contribution in [0.25, 0.3) is 0 Å². The largest absolute Gasteiger partial charge is 0.635 e. The lowest BCUT2D eigenvalue weighted by Crippen LogP contribution is -2.44. The molecule has 0 spiro atoms. The van der Waals surface area contributed by atoms with Crippen molar-refractivity contribution in [1.29, 1.82) is 0 Å². The molecule has 1 aliphatic heterocycles. The third-order valence-corrected chi connectivity index (χ3v) is 4.53. The van der Waals surface area contributed by atoms with Crippen LogP contribution < -0.4 is 25.5 Å². The molecule has 2 aromatic rings. The molecule has 0 bridgehead atoms. The van der Waals surface area contributed by atoms with Crippen molar-refractivity contribution in [3.63, 3.8) is 0 Å². The van der Waals surface area contributed by atoms with E-state index < -0.39 is 13.2 Å². The van der Waals surface area contributed by atoms with Crippen molar-refractivity contribution in [2.24, 2.45) is 5.73 Å². The predicted molar refractivity (Wildman–Crippen MR) is 106 cm³/mol. The first-order valence-corrected chi connectivity index (χ1v) is 8.86. The Morgan fingerprint density at radius 3 is 2.41 bits per heavy atom. The van der Waals surface area contributed by atoms with Crippen molar-refractivity contribution < 1.29 is 18.8 Å². The molecule has 142 valence electrons. The molecule has 27 heavy (non-hydrogen) atoms. The Balaban J connectivity index is 1.84. The number of hydrogen-bond donors (Lipinski definition) is 1. The van der Waals surface area contributed by atoms with Crippen molar-refractivity contribution in [2.45, 2.75) is 0 Å². The Kier molecular flexibility index (Phi) is 6.08. The quantitative estimate of drug-likeness (QED) is 0.774. The van der Waals surface area contributed by atoms with E-state index in [9.17, 15) is 4.79 Å². The number of ether oxygens (including phenoxy) is 1. The normalized spacial score (nSPS) is 14.5. The lowest BCUT2D eigenvalue weighted by atomic mass is 9.79. The van der Waals surface area contributed by atoms with Crippen LogP contribution in [0, 0.1) is 0 Å². The number of hydrogen-bond acceptors (Lipinski definition) is 6. The number of nitrogens with zero attached hydrogens (tertiary/aromatic N) is 2. The number of benzene rings is 2. The number of nitrogens with two attached hydrogens (primary N) is 1. The van der Waals surface area contributed by atoms with Crippen LogP contribution in [-0.2, 0) is 4.65 Å². The Labute approximate surface area is 159 Å². The average Bonchev–Trinajstić information content (AvgIpc) is 2.68. The van der Waals surface area contributed by atoms with Crippen LogP contribution in [0.15, 0.2) is 48.5 Å². The molecule has 1 aliphatic rings. The number of amides is 1. The van der Waals surface area contributed by atoms with Gasteiger partial charge in [0.1, 0.15) is 11.5 Å². The molecule has 0 atom stereocenters. The molecule has 1 saturated heterocycles. The maximum absolute atomic E-state index is 11.3. The highest BCUT2D eigenvalue weighted by Crippen LogP contribution is 2.33. The predicted octanol–water partition coefficient (Wildman–Crippen LogP) is 1.32. The van der Waals surface area contributed by atoms with Crippen LogP contribution in [0.3, 0.4) is 0 Å². The summed E-state index contributed by atoms with van der Waals surface area (Å²) in [5.74, 6) is 1.35. The molecule has 8 heteroatoms. The lowest BCUT2D eigenvalue weighted by Gasteiger charge is -2.35. The molecule has 3 rings (SSSR count). The molecule has 2 N–H and O–H groups in total. The fourth-order valence-corrected chi connectivity index (χ4v) is 3.04. The SMILES string of the molecule is COc1ccc(OB(OC(N)=O)c2ccccc2)cc1N1CCN(C)CC1. The average molecular weight is 369 g/mol. The fraction of sp³-hybridized carbons (Fsp3) is 0.316. The van der Waals surface area contributed by atoms with Crippen LogP contribution in [-0.4, -0.2) is 58.4 Å². The molecule has 1 heterocycles. The zero-order valence-electron chi connectivity index (χ0n) is 15.6. The van der Waals surface area contributed by atoms with Crippen LogP contribution in [0.1, 0.15) is 0 Å².